The van der Waals surface area contributed by atoms with Crippen LogP contribution < -0.4 is 15.9 Å². The zero-order valence-corrected chi connectivity index (χ0v) is 13.3. The number of hydrogen-bond donors (Lipinski definition) is 2. The summed E-state index contributed by atoms with van der Waals surface area (Å²) in [6, 6.07) is 0. The minimum absolute atomic E-state index is 0.0870. The number of carbonyl (C=O) groups is 3. The van der Waals surface area contributed by atoms with Crippen LogP contribution in [0.5, 0.6) is 0 Å². The fourth-order valence-corrected chi connectivity index (χ4v) is 3.39. The van der Waals surface area contributed by atoms with Gasteiger partial charge in [0.1, 0.15) is 0 Å². The van der Waals surface area contributed by atoms with Crippen LogP contribution in [-0.2, 0) is 14.4 Å². The fraction of sp³-hybridized carbons (Fsp3) is 0.500. The highest BCUT2D eigenvalue weighted by Gasteiger charge is 2.48. The molecule has 0 saturated carbocycles. The number of hydrogen-bond acceptors (Lipinski definition) is 4. The molecule has 1 aromatic rings. The van der Waals surface area contributed by atoms with Crippen molar-refractivity contribution in [1.29, 1.82) is 0 Å². The summed E-state index contributed by atoms with van der Waals surface area (Å²) < 4.78 is 0. The minimum atomic E-state index is -0.611. The molecule has 0 radical (unpaired) electrons. The van der Waals surface area contributed by atoms with Crippen LogP contribution in [0.25, 0.3) is 11.6 Å². The van der Waals surface area contributed by atoms with Crippen molar-refractivity contribution >= 4 is 29.4 Å². The van der Waals surface area contributed by atoms with Crippen LogP contribution in [0.1, 0.15) is 33.1 Å². The maximum absolute atomic E-state index is 12.7. The normalized spacial score (nSPS) is 26.7. The van der Waals surface area contributed by atoms with Crippen LogP contribution in [0.4, 0.5) is 0 Å². The number of nitrogens with one attached hydrogen (secondary N) is 2. The standard InChI is InChI=1S/C16H20N4O3/c1-3-12-11(8-17-19-12)10(2)14(22)20-7-6-16(9-20)5-4-13(21)18-15(16)23/h3,8,19H,4-7,9H2,1-2H3,(H,18,21,23)/b11-10+,12-3+. The Morgan fingerprint density at radius 3 is 2.87 bits per heavy atom. The van der Waals surface area contributed by atoms with E-state index >= 15 is 0 Å². The Balaban J connectivity index is 1.85. The third kappa shape index (κ3) is 2.56. The maximum atomic E-state index is 12.7. The van der Waals surface area contributed by atoms with E-state index in [2.05, 4.69) is 15.5 Å². The first-order valence-corrected chi connectivity index (χ1v) is 7.77. The van der Waals surface area contributed by atoms with Crippen molar-refractivity contribution in [2.75, 3.05) is 13.1 Å². The lowest BCUT2D eigenvalue weighted by Gasteiger charge is -2.31. The van der Waals surface area contributed by atoms with Gasteiger partial charge in [0.05, 0.1) is 17.0 Å². The van der Waals surface area contributed by atoms with Crippen molar-refractivity contribution in [2.45, 2.75) is 33.1 Å². The summed E-state index contributed by atoms with van der Waals surface area (Å²) in [5, 5.41) is 10.8. The predicted molar refractivity (Wildman–Crippen MR) is 83.1 cm³/mol. The number of imide groups is 1. The Labute approximate surface area is 133 Å². The molecule has 7 nitrogen and oxygen atoms in total. The number of aromatic nitrogens is 2. The van der Waals surface area contributed by atoms with Crippen LogP contribution in [0, 0.1) is 5.41 Å². The number of H-pyrrole nitrogens is 1. The maximum Gasteiger partial charge on any atom is 0.250 e. The molecule has 2 saturated heterocycles. The molecule has 1 spiro atoms. The molecular weight excluding hydrogens is 296 g/mol. The van der Waals surface area contributed by atoms with E-state index in [9.17, 15) is 14.4 Å². The molecule has 122 valence electrons. The summed E-state index contributed by atoms with van der Waals surface area (Å²) in [6.45, 7) is 4.55. The van der Waals surface area contributed by atoms with E-state index < -0.39 is 5.41 Å². The van der Waals surface area contributed by atoms with Gasteiger partial charge in [0.15, 0.2) is 0 Å². The molecule has 1 aromatic heterocycles. The molecule has 0 bridgehead atoms. The van der Waals surface area contributed by atoms with Crippen LogP contribution >= 0.6 is 0 Å². The van der Waals surface area contributed by atoms with Gasteiger partial charge >= 0.3 is 0 Å². The number of aromatic amines is 1. The van der Waals surface area contributed by atoms with E-state index in [-0.39, 0.29) is 17.7 Å². The van der Waals surface area contributed by atoms with Gasteiger partial charge in [0.25, 0.3) is 0 Å². The van der Waals surface area contributed by atoms with E-state index in [0.29, 0.717) is 37.9 Å². The molecule has 0 aromatic carbocycles. The second kappa shape index (κ2) is 5.64. The van der Waals surface area contributed by atoms with Crippen LogP contribution in [0.15, 0.2) is 6.20 Å². The lowest BCUT2D eigenvalue weighted by molar-refractivity contribution is -0.141. The monoisotopic (exact) mass is 316 g/mol. The van der Waals surface area contributed by atoms with Crippen molar-refractivity contribution in [3.05, 3.63) is 16.8 Å². The van der Waals surface area contributed by atoms with Crippen molar-refractivity contribution in [3.63, 3.8) is 0 Å². The molecule has 3 amide bonds. The fourth-order valence-electron chi connectivity index (χ4n) is 3.39. The molecular formula is C16H20N4O3. The molecule has 3 heterocycles. The van der Waals surface area contributed by atoms with E-state index in [1.165, 1.54) is 0 Å². The zero-order chi connectivity index (χ0) is 16.6. The SMILES string of the molecule is C/C=c1/[nH]nc/c1=C(/C)C(=O)N1CCC2(CCC(=O)NC2=O)C1. The molecule has 1 unspecified atom stereocenters. The van der Waals surface area contributed by atoms with Gasteiger partial charge in [-0.2, -0.15) is 5.10 Å². The number of rotatable bonds is 1. The van der Waals surface area contributed by atoms with Gasteiger partial charge in [-0.1, -0.05) is 6.08 Å². The molecule has 2 N–H and O–H groups in total. The molecule has 2 aliphatic rings. The molecule has 2 fully saturated rings. The number of carbonyl (C=O) groups excluding carboxylic acids is 3. The van der Waals surface area contributed by atoms with Gasteiger partial charge in [-0.05, 0) is 26.7 Å². The first-order valence-electron chi connectivity index (χ1n) is 7.77. The second-order valence-corrected chi connectivity index (χ2v) is 6.25. The van der Waals surface area contributed by atoms with Crippen molar-refractivity contribution < 1.29 is 14.4 Å². The molecule has 0 aliphatic carbocycles. The Kier molecular flexibility index (Phi) is 3.79. The third-order valence-electron chi connectivity index (χ3n) is 4.89. The lowest BCUT2D eigenvalue weighted by atomic mass is 9.79. The number of nitrogens with zero attached hydrogens (tertiary/aromatic N) is 2. The van der Waals surface area contributed by atoms with Gasteiger partial charge in [-0.15, -0.1) is 0 Å². The highest BCUT2D eigenvalue weighted by molar-refractivity contribution is 6.13. The van der Waals surface area contributed by atoms with Gasteiger partial charge in [-0.3, -0.25) is 24.8 Å². The summed E-state index contributed by atoms with van der Waals surface area (Å²) in [7, 11) is 0. The van der Waals surface area contributed by atoms with E-state index in [1.807, 2.05) is 13.0 Å². The predicted octanol–water partition coefficient (Wildman–Crippen LogP) is -0.964. The topological polar surface area (TPSA) is 95.2 Å². The van der Waals surface area contributed by atoms with Gasteiger partial charge in [0.2, 0.25) is 17.7 Å². The number of amides is 3. The van der Waals surface area contributed by atoms with Crippen molar-refractivity contribution in [3.8, 4) is 0 Å². The van der Waals surface area contributed by atoms with E-state index in [4.69, 9.17) is 0 Å². The highest BCUT2D eigenvalue weighted by atomic mass is 16.2. The van der Waals surface area contributed by atoms with Crippen LogP contribution in [0.2, 0.25) is 0 Å². The molecule has 7 heteroatoms. The Bertz CT molecular complexity index is 794. The van der Waals surface area contributed by atoms with Crippen LogP contribution in [0.3, 0.4) is 0 Å². The van der Waals surface area contributed by atoms with Gasteiger partial charge in [0, 0.05) is 30.3 Å². The van der Waals surface area contributed by atoms with Gasteiger partial charge < -0.3 is 4.90 Å². The summed E-state index contributed by atoms with van der Waals surface area (Å²) in [5.41, 5.74) is -0.00357. The van der Waals surface area contributed by atoms with Crippen molar-refractivity contribution in [2.24, 2.45) is 5.41 Å². The Morgan fingerprint density at radius 1 is 1.39 bits per heavy atom. The quantitative estimate of drug-likeness (QED) is 0.652. The average Bonchev–Trinajstić information content (AvgIpc) is 3.17. The zero-order valence-electron chi connectivity index (χ0n) is 13.3. The lowest BCUT2D eigenvalue weighted by Crippen LogP contribution is -2.50. The molecule has 2 aliphatic heterocycles. The Morgan fingerprint density at radius 2 is 2.17 bits per heavy atom. The summed E-state index contributed by atoms with van der Waals surface area (Å²) in [6.07, 6.45) is 4.96. The van der Waals surface area contributed by atoms with Crippen LogP contribution in [-0.4, -0.2) is 45.9 Å². The van der Waals surface area contributed by atoms with Gasteiger partial charge in [-0.25, -0.2) is 0 Å². The smallest absolute Gasteiger partial charge is 0.250 e. The third-order valence-corrected chi connectivity index (χ3v) is 4.89. The second-order valence-electron chi connectivity index (χ2n) is 6.25. The van der Waals surface area contributed by atoms with Crippen molar-refractivity contribution in [1.82, 2.24) is 20.4 Å². The summed E-state index contributed by atoms with van der Waals surface area (Å²) >= 11 is 0. The summed E-state index contributed by atoms with van der Waals surface area (Å²) in [5.74, 6) is -0.557. The summed E-state index contributed by atoms with van der Waals surface area (Å²) in [4.78, 5) is 38.0. The number of piperidine rings is 1. The van der Waals surface area contributed by atoms with E-state index in [0.717, 1.165) is 10.6 Å². The minimum Gasteiger partial charge on any atom is -0.338 e. The highest BCUT2D eigenvalue weighted by Crippen LogP contribution is 2.38. The largest absolute Gasteiger partial charge is 0.338 e. The first kappa shape index (κ1) is 15.5. The molecule has 3 rings (SSSR count). The average molecular weight is 316 g/mol. The van der Waals surface area contributed by atoms with E-state index in [1.54, 1.807) is 18.0 Å². The first-order chi connectivity index (χ1) is 11.0. The molecule has 23 heavy (non-hydrogen) atoms. The Hall–Kier alpha value is -2.44. The molecule has 1 atom stereocenters. The number of likely N-dealkylation sites (tertiary alicyclic amines) is 1.